The number of hydrogen-bond donors (Lipinski definition) is 0. The van der Waals surface area contributed by atoms with E-state index in [1.807, 2.05) is 12.1 Å². The Morgan fingerprint density at radius 3 is 1.96 bits per heavy atom. The van der Waals surface area contributed by atoms with E-state index in [1.54, 1.807) is 12.1 Å². The Bertz CT molecular complexity index is 602. The predicted octanol–water partition coefficient (Wildman–Crippen LogP) is 5.06. The number of fused-ring (bicyclic) bond motifs is 3. The van der Waals surface area contributed by atoms with Crippen molar-refractivity contribution in [2.45, 2.75) is 75.7 Å². The zero-order valence-electron chi connectivity index (χ0n) is 15.1. The van der Waals surface area contributed by atoms with Crippen LogP contribution >= 0.6 is 0 Å². The molecule has 25 heavy (non-hydrogen) atoms. The Hall–Kier alpha value is -1.58. The van der Waals surface area contributed by atoms with Gasteiger partial charge in [0, 0.05) is 6.54 Å². The van der Waals surface area contributed by atoms with Crippen LogP contribution in [0.15, 0.2) is 24.3 Å². The molecule has 0 spiro atoms. The quantitative estimate of drug-likeness (QED) is 0.413. The molecule has 2 amide bonds. The Balaban J connectivity index is 1.23. The minimum atomic E-state index is -0.109. The zero-order valence-corrected chi connectivity index (χ0v) is 15.1. The maximum Gasteiger partial charge on any atom is 0.261 e. The number of carbonyl (C=O) groups is 2. The first-order chi connectivity index (χ1) is 12.3. The van der Waals surface area contributed by atoms with Crippen molar-refractivity contribution >= 4 is 18.5 Å². The molecule has 3 aliphatic heterocycles. The predicted molar refractivity (Wildman–Crippen MR) is 101 cm³/mol. The SMILES string of the molecule is O=C1c2ccccc2C(=O)N1CCCCCB1C2CCCC1CCC2. The van der Waals surface area contributed by atoms with Crippen molar-refractivity contribution in [2.75, 3.05) is 6.54 Å². The summed E-state index contributed by atoms with van der Waals surface area (Å²) in [6.07, 6.45) is 13.4. The van der Waals surface area contributed by atoms with Crippen molar-refractivity contribution in [1.29, 1.82) is 0 Å². The van der Waals surface area contributed by atoms with Crippen molar-refractivity contribution in [3.8, 4) is 0 Å². The molecule has 3 aliphatic rings. The van der Waals surface area contributed by atoms with E-state index in [1.165, 1.54) is 56.2 Å². The van der Waals surface area contributed by atoms with Gasteiger partial charge in [-0.15, -0.1) is 0 Å². The minimum absolute atomic E-state index is 0.109. The topological polar surface area (TPSA) is 37.4 Å². The van der Waals surface area contributed by atoms with Crippen molar-refractivity contribution in [2.24, 2.45) is 0 Å². The molecule has 0 radical (unpaired) electrons. The summed E-state index contributed by atoms with van der Waals surface area (Å²) < 4.78 is 0. The van der Waals surface area contributed by atoms with E-state index in [4.69, 9.17) is 0 Å². The fourth-order valence-corrected chi connectivity index (χ4v) is 5.55. The highest BCUT2D eigenvalue weighted by molar-refractivity contribution is 6.62. The van der Waals surface area contributed by atoms with Gasteiger partial charge in [0.05, 0.1) is 11.1 Å². The van der Waals surface area contributed by atoms with E-state index in [2.05, 4.69) is 0 Å². The van der Waals surface area contributed by atoms with Gasteiger partial charge in [-0.3, -0.25) is 14.5 Å². The van der Waals surface area contributed by atoms with Crippen molar-refractivity contribution in [1.82, 2.24) is 4.90 Å². The van der Waals surface area contributed by atoms with Gasteiger partial charge in [-0.1, -0.05) is 81.5 Å². The molecule has 3 heterocycles. The van der Waals surface area contributed by atoms with Crippen LogP contribution in [-0.4, -0.2) is 30.0 Å². The van der Waals surface area contributed by atoms with E-state index in [0.29, 0.717) is 17.7 Å². The lowest BCUT2D eigenvalue weighted by molar-refractivity contribution is 0.0651. The first-order valence-corrected chi connectivity index (χ1v) is 10.2. The van der Waals surface area contributed by atoms with Gasteiger partial charge < -0.3 is 0 Å². The highest BCUT2D eigenvalue weighted by Gasteiger charge is 2.38. The molecule has 132 valence electrons. The Labute approximate surface area is 151 Å². The highest BCUT2D eigenvalue weighted by atomic mass is 16.2. The van der Waals surface area contributed by atoms with Crippen LogP contribution in [0.1, 0.15) is 78.5 Å². The smallest absolute Gasteiger partial charge is 0.261 e. The van der Waals surface area contributed by atoms with E-state index in [0.717, 1.165) is 31.2 Å². The fourth-order valence-electron chi connectivity index (χ4n) is 5.55. The molecule has 0 aliphatic carbocycles. The minimum Gasteiger partial charge on any atom is -0.274 e. The monoisotopic (exact) mass is 337 g/mol. The molecule has 0 unspecified atom stereocenters. The van der Waals surface area contributed by atoms with Crippen LogP contribution < -0.4 is 0 Å². The third kappa shape index (κ3) is 3.28. The lowest BCUT2D eigenvalue weighted by Gasteiger charge is -2.40. The normalized spacial score (nSPS) is 25.4. The van der Waals surface area contributed by atoms with Crippen molar-refractivity contribution in [3.05, 3.63) is 35.4 Å². The molecule has 2 saturated heterocycles. The molecule has 0 N–H and O–H groups in total. The molecular weight excluding hydrogens is 309 g/mol. The van der Waals surface area contributed by atoms with Gasteiger partial charge in [-0.2, -0.15) is 0 Å². The summed E-state index contributed by atoms with van der Waals surface area (Å²) in [7, 11) is 0. The summed E-state index contributed by atoms with van der Waals surface area (Å²) >= 11 is 0. The van der Waals surface area contributed by atoms with Crippen LogP contribution in [-0.2, 0) is 0 Å². The number of imide groups is 1. The van der Waals surface area contributed by atoms with Crippen LogP contribution in [0, 0.1) is 0 Å². The molecule has 1 aromatic rings. The number of nitrogens with zero attached hydrogens (tertiary/aromatic N) is 1. The molecular formula is C21H28BNO2. The number of benzene rings is 1. The van der Waals surface area contributed by atoms with Gasteiger partial charge in [-0.05, 0) is 18.6 Å². The average Bonchev–Trinajstić information content (AvgIpc) is 2.86. The third-order valence-corrected chi connectivity index (χ3v) is 6.81. The summed E-state index contributed by atoms with van der Waals surface area (Å²) in [5.74, 6) is 1.76. The van der Waals surface area contributed by atoms with Crippen molar-refractivity contribution < 1.29 is 9.59 Å². The lowest BCUT2D eigenvalue weighted by atomic mass is 9.26. The van der Waals surface area contributed by atoms with Crippen LogP contribution in [0.4, 0.5) is 0 Å². The largest absolute Gasteiger partial charge is 0.274 e. The Morgan fingerprint density at radius 2 is 1.40 bits per heavy atom. The van der Waals surface area contributed by atoms with Crippen LogP contribution in [0.2, 0.25) is 18.0 Å². The first-order valence-electron chi connectivity index (χ1n) is 10.2. The highest BCUT2D eigenvalue weighted by Crippen LogP contribution is 2.48. The maximum atomic E-state index is 12.4. The Kier molecular flexibility index (Phi) is 4.96. The summed E-state index contributed by atoms with van der Waals surface area (Å²) in [6.45, 7) is 1.53. The number of unbranched alkanes of at least 4 members (excludes halogenated alkanes) is 2. The molecule has 2 fully saturated rings. The summed E-state index contributed by atoms with van der Waals surface area (Å²) in [6, 6.07) is 7.18. The number of rotatable bonds is 6. The molecule has 2 bridgehead atoms. The van der Waals surface area contributed by atoms with Crippen molar-refractivity contribution in [3.63, 3.8) is 0 Å². The summed E-state index contributed by atoms with van der Waals surface area (Å²) in [5.41, 5.74) is 1.14. The second kappa shape index (κ2) is 7.35. The van der Waals surface area contributed by atoms with Crippen LogP contribution in [0.3, 0.4) is 0 Å². The molecule has 3 nitrogen and oxygen atoms in total. The summed E-state index contributed by atoms with van der Waals surface area (Å²) in [4.78, 5) is 26.2. The molecule has 0 atom stereocenters. The standard InChI is InChI=1S/C21H28BNO2/c24-20-18-12-2-3-13-19(18)21(25)23(20)15-5-1-4-14-22-16-8-6-9-17(22)11-7-10-16/h2-3,12-13,16-17H,1,4-11,14-15H2. The summed E-state index contributed by atoms with van der Waals surface area (Å²) in [5, 5.41) is 0. The Morgan fingerprint density at radius 1 is 0.840 bits per heavy atom. The van der Waals surface area contributed by atoms with Gasteiger partial charge in [-0.25, -0.2) is 0 Å². The van der Waals surface area contributed by atoms with Crippen LogP contribution in [0.25, 0.3) is 0 Å². The fraction of sp³-hybridized carbons (Fsp3) is 0.619. The second-order valence-corrected chi connectivity index (χ2v) is 8.20. The number of amides is 2. The first kappa shape index (κ1) is 16.9. The van der Waals surface area contributed by atoms with E-state index >= 15 is 0 Å². The molecule has 1 aromatic carbocycles. The van der Waals surface area contributed by atoms with Gasteiger partial charge >= 0.3 is 0 Å². The molecule has 4 rings (SSSR count). The molecule has 4 heteroatoms. The van der Waals surface area contributed by atoms with E-state index in [-0.39, 0.29) is 11.8 Å². The molecule has 0 saturated carbocycles. The van der Waals surface area contributed by atoms with Gasteiger partial charge in [0.2, 0.25) is 0 Å². The second-order valence-electron chi connectivity index (χ2n) is 8.20. The van der Waals surface area contributed by atoms with E-state index in [9.17, 15) is 9.59 Å². The molecule has 0 aromatic heterocycles. The van der Waals surface area contributed by atoms with Gasteiger partial charge in [0.15, 0.2) is 0 Å². The number of hydrogen-bond acceptors (Lipinski definition) is 2. The maximum absolute atomic E-state index is 12.4. The van der Waals surface area contributed by atoms with Gasteiger partial charge in [0.25, 0.3) is 11.8 Å². The zero-order chi connectivity index (χ0) is 17.2. The lowest BCUT2D eigenvalue weighted by Crippen LogP contribution is -2.34. The third-order valence-electron chi connectivity index (χ3n) is 6.81. The average molecular weight is 337 g/mol. The number of carbonyl (C=O) groups excluding carboxylic acids is 2. The van der Waals surface area contributed by atoms with Crippen LogP contribution in [0.5, 0.6) is 0 Å². The van der Waals surface area contributed by atoms with Gasteiger partial charge in [0.1, 0.15) is 6.71 Å². The van der Waals surface area contributed by atoms with E-state index < -0.39 is 0 Å².